The predicted molar refractivity (Wildman–Crippen MR) is 75.5 cm³/mol. The summed E-state index contributed by atoms with van der Waals surface area (Å²) in [6.45, 7) is 0. The molecule has 3 aromatic heterocycles. The molecule has 0 spiro atoms. The molecule has 0 saturated carbocycles. The van der Waals surface area contributed by atoms with E-state index in [0.29, 0.717) is 17.0 Å². The van der Waals surface area contributed by atoms with Crippen LogP contribution in [0.4, 0.5) is 8.78 Å². The number of fused-ring (bicyclic) bond motifs is 1. The number of aromatic nitrogens is 5. The smallest absolute Gasteiger partial charge is 0.165 e. The lowest BCUT2D eigenvalue weighted by Gasteiger charge is -2.08. The number of halogens is 2. The molecule has 0 fully saturated rings. The fourth-order valence-electron chi connectivity index (χ4n) is 2.35. The van der Waals surface area contributed by atoms with E-state index in [9.17, 15) is 8.78 Å². The van der Waals surface area contributed by atoms with E-state index in [1.54, 1.807) is 35.4 Å². The molecule has 0 N–H and O–H groups in total. The number of imidazole rings is 1. The van der Waals surface area contributed by atoms with Gasteiger partial charge in [0.2, 0.25) is 0 Å². The normalized spacial score (nSPS) is 11.2. The van der Waals surface area contributed by atoms with Crippen LogP contribution in [-0.4, -0.2) is 24.1 Å². The Morgan fingerprint density at radius 1 is 1.00 bits per heavy atom. The molecule has 22 heavy (non-hydrogen) atoms. The molecule has 0 aliphatic rings. The van der Waals surface area contributed by atoms with Gasteiger partial charge in [-0.25, -0.2) is 23.3 Å². The van der Waals surface area contributed by atoms with Gasteiger partial charge < -0.3 is 0 Å². The summed E-state index contributed by atoms with van der Waals surface area (Å²) in [4.78, 5) is 8.49. The quantitative estimate of drug-likeness (QED) is 0.571. The maximum absolute atomic E-state index is 14.0. The Morgan fingerprint density at radius 3 is 2.82 bits per heavy atom. The van der Waals surface area contributed by atoms with Crippen molar-refractivity contribution in [3.63, 3.8) is 0 Å². The summed E-state index contributed by atoms with van der Waals surface area (Å²) in [5, 5.41) is 4.18. The molecular formula is C15H9F2N5. The van der Waals surface area contributed by atoms with E-state index in [4.69, 9.17) is 0 Å². The van der Waals surface area contributed by atoms with Crippen molar-refractivity contribution in [2.75, 3.05) is 0 Å². The van der Waals surface area contributed by atoms with Gasteiger partial charge in [-0.2, -0.15) is 5.10 Å². The fourth-order valence-corrected chi connectivity index (χ4v) is 2.35. The summed E-state index contributed by atoms with van der Waals surface area (Å²) in [7, 11) is 0. The number of benzene rings is 1. The zero-order valence-corrected chi connectivity index (χ0v) is 11.2. The Balaban J connectivity index is 1.95. The van der Waals surface area contributed by atoms with Gasteiger partial charge in [0.05, 0.1) is 17.4 Å². The maximum atomic E-state index is 14.0. The molecule has 0 saturated heterocycles. The SMILES string of the molecule is Fc1ccc(F)c(-n2ccnc2-c2cnn3cccnc23)c1. The molecule has 0 bridgehead atoms. The average Bonchev–Trinajstić information content (AvgIpc) is 3.15. The standard InChI is InChI=1S/C15H9F2N5/c16-10-2-3-12(17)13(8-10)21-7-5-19-14(21)11-9-20-22-6-1-4-18-15(11)22/h1-9H. The first kappa shape index (κ1) is 12.6. The Hall–Kier alpha value is -3.09. The molecule has 0 radical (unpaired) electrons. The van der Waals surface area contributed by atoms with E-state index in [1.165, 1.54) is 10.8 Å². The van der Waals surface area contributed by atoms with E-state index >= 15 is 0 Å². The first-order chi connectivity index (χ1) is 10.7. The van der Waals surface area contributed by atoms with Gasteiger partial charge in [-0.3, -0.25) is 4.57 Å². The lowest BCUT2D eigenvalue weighted by atomic mass is 10.2. The second-order valence-corrected chi connectivity index (χ2v) is 4.66. The molecule has 108 valence electrons. The van der Waals surface area contributed by atoms with Crippen LogP contribution >= 0.6 is 0 Å². The van der Waals surface area contributed by atoms with Gasteiger partial charge in [-0.15, -0.1) is 0 Å². The van der Waals surface area contributed by atoms with Crippen molar-refractivity contribution >= 4 is 5.65 Å². The fraction of sp³-hybridized carbons (Fsp3) is 0. The van der Waals surface area contributed by atoms with Crippen LogP contribution in [0.25, 0.3) is 22.7 Å². The molecule has 0 amide bonds. The van der Waals surface area contributed by atoms with Crippen LogP contribution in [0.3, 0.4) is 0 Å². The van der Waals surface area contributed by atoms with Crippen molar-refractivity contribution in [1.29, 1.82) is 0 Å². The van der Waals surface area contributed by atoms with E-state index < -0.39 is 11.6 Å². The third-order valence-electron chi connectivity index (χ3n) is 3.33. The van der Waals surface area contributed by atoms with Crippen LogP contribution in [0, 0.1) is 11.6 Å². The molecule has 0 aliphatic heterocycles. The van der Waals surface area contributed by atoms with Crippen LogP contribution in [0.5, 0.6) is 0 Å². The van der Waals surface area contributed by atoms with Crippen molar-refractivity contribution in [3.05, 3.63) is 66.9 Å². The lowest BCUT2D eigenvalue weighted by Crippen LogP contribution is -2.00. The molecular weight excluding hydrogens is 288 g/mol. The Labute approximate surface area is 123 Å². The summed E-state index contributed by atoms with van der Waals surface area (Å²) in [6, 6.07) is 5.04. The first-order valence-corrected chi connectivity index (χ1v) is 6.51. The first-order valence-electron chi connectivity index (χ1n) is 6.51. The minimum absolute atomic E-state index is 0.0859. The Morgan fingerprint density at radius 2 is 1.91 bits per heavy atom. The summed E-state index contributed by atoms with van der Waals surface area (Å²) < 4.78 is 30.5. The van der Waals surface area contributed by atoms with Crippen LogP contribution in [0.15, 0.2) is 55.2 Å². The van der Waals surface area contributed by atoms with Crippen molar-refractivity contribution in [2.24, 2.45) is 0 Å². The topological polar surface area (TPSA) is 48.0 Å². The van der Waals surface area contributed by atoms with Crippen molar-refractivity contribution < 1.29 is 8.78 Å². The number of rotatable bonds is 2. The maximum Gasteiger partial charge on any atom is 0.165 e. The summed E-state index contributed by atoms with van der Waals surface area (Å²) in [6.07, 6.45) is 8.07. The summed E-state index contributed by atoms with van der Waals surface area (Å²) in [5.41, 5.74) is 1.31. The highest BCUT2D eigenvalue weighted by Gasteiger charge is 2.16. The molecule has 4 rings (SSSR count). The molecule has 0 unspecified atom stereocenters. The van der Waals surface area contributed by atoms with Gasteiger partial charge in [0.1, 0.15) is 17.5 Å². The second kappa shape index (κ2) is 4.73. The zero-order valence-electron chi connectivity index (χ0n) is 11.2. The van der Waals surface area contributed by atoms with E-state index in [1.807, 2.05) is 0 Å². The largest absolute Gasteiger partial charge is 0.297 e. The minimum atomic E-state index is -0.537. The summed E-state index contributed by atoms with van der Waals surface area (Å²) >= 11 is 0. The van der Waals surface area contributed by atoms with Gasteiger partial charge in [0, 0.05) is 30.9 Å². The molecule has 0 aliphatic carbocycles. The molecule has 3 heterocycles. The number of hydrogen-bond acceptors (Lipinski definition) is 3. The highest BCUT2D eigenvalue weighted by atomic mass is 19.1. The number of hydrogen-bond donors (Lipinski definition) is 0. The molecule has 5 nitrogen and oxygen atoms in total. The van der Waals surface area contributed by atoms with Gasteiger partial charge in [0.25, 0.3) is 0 Å². The monoisotopic (exact) mass is 297 g/mol. The second-order valence-electron chi connectivity index (χ2n) is 4.66. The third kappa shape index (κ3) is 1.86. The Bertz CT molecular complexity index is 973. The van der Waals surface area contributed by atoms with Crippen molar-refractivity contribution in [1.82, 2.24) is 24.1 Å². The Kier molecular flexibility index (Phi) is 2.72. The zero-order chi connectivity index (χ0) is 15.1. The molecule has 0 atom stereocenters. The van der Waals surface area contributed by atoms with Crippen molar-refractivity contribution in [3.8, 4) is 17.1 Å². The van der Waals surface area contributed by atoms with Gasteiger partial charge in [-0.1, -0.05) is 0 Å². The summed E-state index contributed by atoms with van der Waals surface area (Å²) in [5.74, 6) is -0.614. The predicted octanol–water partition coefficient (Wildman–Crippen LogP) is 2.86. The average molecular weight is 297 g/mol. The van der Waals surface area contributed by atoms with Crippen LogP contribution < -0.4 is 0 Å². The van der Waals surface area contributed by atoms with Crippen LogP contribution in [0.1, 0.15) is 0 Å². The highest BCUT2D eigenvalue weighted by Crippen LogP contribution is 2.25. The van der Waals surface area contributed by atoms with Gasteiger partial charge >= 0.3 is 0 Å². The molecule has 1 aromatic carbocycles. The van der Waals surface area contributed by atoms with E-state index in [-0.39, 0.29) is 5.69 Å². The van der Waals surface area contributed by atoms with Gasteiger partial charge in [-0.05, 0) is 18.2 Å². The van der Waals surface area contributed by atoms with Crippen LogP contribution in [-0.2, 0) is 0 Å². The number of nitrogens with zero attached hydrogens (tertiary/aromatic N) is 5. The van der Waals surface area contributed by atoms with Gasteiger partial charge in [0.15, 0.2) is 5.65 Å². The van der Waals surface area contributed by atoms with Crippen molar-refractivity contribution in [2.45, 2.75) is 0 Å². The molecule has 4 aromatic rings. The lowest BCUT2D eigenvalue weighted by molar-refractivity contribution is 0.593. The van der Waals surface area contributed by atoms with E-state index in [0.717, 1.165) is 18.2 Å². The van der Waals surface area contributed by atoms with E-state index in [2.05, 4.69) is 15.1 Å². The van der Waals surface area contributed by atoms with Crippen LogP contribution in [0.2, 0.25) is 0 Å². The third-order valence-corrected chi connectivity index (χ3v) is 3.33. The highest BCUT2D eigenvalue weighted by molar-refractivity contribution is 5.73. The minimum Gasteiger partial charge on any atom is -0.297 e. The molecule has 7 heteroatoms.